The largest absolute Gasteiger partial charge is 0.465 e. The van der Waals surface area contributed by atoms with Crippen LogP contribution in [0.1, 0.15) is 52.4 Å². The number of nitrogens with one attached hydrogen (secondary N) is 1. The number of methoxy groups -OCH3 is 1. The number of benzene rings is 2. The van der Waals surface area contributed by atoms with Crippen LogP contribution in [0.3, 0.4) is 0 Å². The van der Waals surface area contributed by atoms with Gasteiger partial charge in [-0.25, -0.2) is 4.79 Å². The number of esters is 1. The molecule has 0 spiro atoms. The van der Waals surface area contributed by atoms with Crippen LogP contribution in [0.4, 0.5) is 0 Å². The van der Waals surface area contributed by atoms with Crippen molar-refractivity contribution in [2.45, 2.75) is 31.7 Å². The number of Topliss-reactive ketones (excluding diaryl/α,β-unsaturated/α-hetero) is 1. The lowest BCUT2D eigenvalue weighted by Gasteiger charge is -2.26. The minimum Gasteiger partial charge on any atom is -0.465 e. The summed E-state index contributed by atoms with van der Waals surface area (Å²) in [7, 11) is 1.37. The summed E-state index contributed by atoms with van der Waals surface area (Å²) in [6.07, 6.45) is 1.42. The van der Waals surface area contributed by atoms with E-state index in [-0.39, 0.29) is 23.7 Å². The summed E-state index contributed by atoms with van der Waals surface area (Å²) in [5, 5.41) is 3.35. The van der Waals surface area contributed by atoms with Crippen molar-refractivity contribution in [1.29, 1.82) is 0 Å². The lowest BCUT2D eigenvalue weighted by molar-refractivity contribution is -0.121. The van der Waals surface area contributed by atoms with Gasteiger partial charge in [-0.15, -0.1) is 0 Å². The van der Waals surface area contributed by atoms with Crippen LogP contribution in [-0.4, -0.2) is 25.4 Å². The summed E-state index contributed by atoms with van der Waals surface area (Å²) in [6, 6.07) is 15.2. The van der Waals surface area contributed by atoms with E-state index in [9.17, 15) is 9.59 Å². The van der Waals surface area contributed by atoms with Crippen LogP contribution < -0.4 is 5.32 Å². The Balaban J connectivity index is 1.70. The highest BCUT2D eigenvalue weighted by atomic mass is 16.5. The van der Waals surface area contributed by atoms with Crippen molar-refractivity contribution in [3.05, 3.63) is 70.8 Å². The first-order chi connectivity index (χ1) is 12.1. The molecule has 2 atom stereocenters. The van der Waals surface area contributed by atoms with Crippen LogP contribution in [0.25, 0.3) is 0 Å². The molecule has 0 radical (unpaired) electrons. The number of ether oxygens (including phenoxy) is 1. The maximum atomic E-state index is 12.8. The number of hydrogen-bond donors (Lipinski definition) is 1. The van der Waals surface area contributed by atoms with Crippen LogP contribution in [0, 0.1) is 0 Å². The standard InChI is InChI=1S/C21H23NO3/c1-14(15-7-9-17(10-8-15)21(24)25-2)13-19(23)20-18-6-4-3-5-16(18)11-12-22-20/h3-10,14,20,22H,11-13H2,1-2H3/t14-,20?/m1/s1. The molecule has 1 heterocycles. The highest BCUT2D eigenvalue weighted by Gasteiger charge is 2.26. The second-order valence-corrected chi connectivity index (χ2v) is 6.52. The third-order valence-electron chi connectivity index (χ3n) is 4.84. The molecule has 0 bridgehead atoms. The van der Waals surface area contributed by atoms with Gasteiger partial charge in [-0.2, -0.15) is 0 Å². The Morgan fingerprint density at radius 3 is 2.60 bits per heavy atom. The molecule has 1 N–H and O–H groups in total. The van der Waals surface area contributed by atoms with Crippen molar-refractivity contribution in [3.63, 3.8) is 0 Å². The number of carbonyl (C=O) groups is 2. The Morgan fingerprint density at radius 1 is 1.16 bits per heavy atom. The van der Waals surface area contributed by atoms with Gasteiger partial charge in [0.2, 0.25) is 0 Å². The Morgan fingerprint density at radius 2 is 1.88 bits per heavy atom. The predicted octanol–water partition coefficient (Wildman–Crippen LogP) is 3.42. The van der Waals surface area contributed by atoms with Crippen LogP contribution in [0.15, 0.2) is 48.5 Å². The molecule has 0 saturated carbocycles. The van der Waals surface area contributed by atoms with Gasteiger partial charge < -0.3 is 10.1 Å². The third kappa shape index (κ3) is 3.80. The summed E-state index contributed by atoms with van der Waals surface area (Å²) in [4.78, 5) is 24.3. The molecule has 4 nitrogen and oxygen atoms in total. The number of ketones is 1. The average molecular weight is 337 g/mol. The van der Waals surface area contributed by atoms with Crippen molar-refractivity contribution >= 4 is 11.8 Å². The van der Waals surface area contributed by atoms with Crippen LogP contribution >= 0.6 is 0 Å². The molecule has 0 aliphatic carbocycles. The average Bonchev–Trinajstić information content (AvgIpc) is 2.66. The highest BCUT2D eigenvalue weighted by Crippen LogP contribution is 2.28. The summed E-state index contributed by atoms with van der Waals surface area (Å²) in [5.41, 5.74) is 3.93. The smallest absolute Gasteiger partial charge is 0.337 e. The zero-order valence-corrected chi connectivity index (χ0v) is 14.6. The van der Waals surface area contributed by atoms with Gasteiger partial charge in [-0.05, 0) is 41.2 Å². The molecule has 1 unspecified atom stereocenters. The normalized spacial score (nSPS) is 17.4. The van der Waals surface area contributed by atoms with E-state index in [4.69, 9.17) is 4.74 Å². The predicted molar refractivity (Wildman–Crippen MR) is 96.7 cm³/mol. The molecule has 1 aliphatic heterocycles. The molecule has 25 heavy (non-hydrogen) atoms. The fourth-order valence-electron chi connectivity index (χ4n) is 3.39. The van der Waals surface area contributed by atoms with E-state index in [1.54, 1.807) is 12.1 Å². The molecular formula is C21H23NO3. The van der Waals surface area contributed by atoms with Crippen molar-refractivity contribution in [2.24, 2.45) is 0 Å². The Labute approximate surface area is 148 Å². The molecule has 0 amide bonds. The van der Waals surface area contributed by atoms with Gasteiger partial charge in [0.25, 0.3) is 0 Å². The maximum absolute atomic E-state index is 12.8. The SMILES string of the molecule is COC(=O)c1ccc([C@H](C)CC(=O)C2NCCc3ccccc32)cc1. The quantitative estimate of drug-likeness (QED) is 0.850. The fourth-order valence-corrected chi connectivity index (χ4v) is 3.39. The van der Waals surface area contributed by atoms with Crippen LogP contribution in [0.5, 0.6) is 0 Å². The number of carbonyl (C=O) groups excluding carboxylic acids is 2. The van der Waals surface area contributed by atoms with Crippen LogP contribution in [-0.2, 0) is 16.0 Å². The van der Waals surface area contributed by atoms with Crippen molar-refractivity contribution < 1.29 is 14.3 Å². The van der Waals surface area contributed by atoms with Gasteiger partial charge in [0, 0.05) is 13.0 Å². The lowest BCUT2D eigenvalue weighted by Crippen LogP contribution is -2.35. The second kappa shape index (κ2) is 7.62. The molecule has 3 rings (SSSR count). The summed E-state index contributed by atoms with van der Waals surface area (Å²) >= 11 is 0. The van der Waals surface area contributed by atoms with E-state index in [1.807, 2.05) is 37.3 Å². The first-order valence-corrected chi connectivity index (χ1v) is 8.62. The summed E-state index contributed by atoms with van der Waals surface area (Å²) in [6.45, 7) is 2.87. The molecular weight excluding hydrogens is 314 g/mol. The first-order valence-electron chi connectivity index (χ1n) is 8.62. The minimum atomic E-state index is -0.349. The molecule has 1 aliphatic rings. The molecule has 0 fully saturated rings. The van der Waals surface area contributed by atoms with Crippen molar-refractivity contribution in [3.8, 4) is 0 Å². The molecule has 4 heteroatoms. The van der Waals surface area contributed by atoms with Gasteiger partial charge in [-0.3, -0.25) is 4.79 Å². The van der Waals surface area contributed by atoms with E-state index < -0.39 is 0 Å². The van der Waals surface area contributed by atoms with Gasteiger partial charge in [0.05, 0.1) is 18.7 Å². The highest BCUT2D eigenvalue weighted by molar-refractivity contribution is 5.89. The summed E-state index contributed by atoms with van der Waals surface area (Å²) < 4.78 is 4.71. The zero-order valence-electron chi connectivity index (χ0n) is 14.6. The third-order valence-corrected chi connectivity index (χ3v) is 4.84. The lowest BCUT2D eigenvalue weighted by atomic mass is 9.87. The fraction of sp³-hybridized carbons (Fsp3) is 0.333. The van der Waals surface area contributed by atoms with Crippen molar-refractivity contribution in [1.82, 2.24) is 5.32 Å². The van der Waals surface area contributed by atoms with Gasteiger partial charge in [0.15, 0.2) is 5.78 Å². The number of hydrogen-bond acceptors (Lipinski definition) is 4. The van der Waals surface area contributed by atoms with Crippen molar-refractivity contribution in [2.75, 3.05) is 13.7 Å². The molecule has 0 saturated heterocycles. The Kier molecular flexibility index (Phi) is 5.29. The van der Waals surface area contributed by atoms with Gasteiger partial charge in [0.1, 0.15) is 0 Å². The molecule has 130 valence electrons. The van der Waals surface area contributed by atoms with E-state index in [0.717, 1.165) is 24.1 Å². The Hall–Kier alpha value is -2.46. The minimum absolute atomic E-state index is 0.0927. The first kappa shape index (κ1) is 17.4. The molecule has 2 aromatic rings. The van der Waals surface area contributed by atoms with E-state index in [0.29, 0.717) is 12.0 Å². The topological polar surface area (TPSA) is 55.4 Å². The van der Waals surface area contributed by atoms with E-state index in [2.05, 4.69) is 11.4 Å². The van der Waals surface area contributed by atoms with Gasteiger partial charge in [-0.1, -0.05) is 43.3 Å². The number of fused-ring (bicyclic) bond motifs is 1. The number of rotatable bonds is 5. The van der Waals surface area contributed by atoms with E-state index in [1.165, 1.54) is 12.7 Å². The monoisotopic (exact) mass is 337 g/mol. The van der Waals surface area contributed by atoms with E-state index >= 15 is 0 Å². The second-order valence-electron chi connectivity index (χ2n) is 6.52. The Bertz CT molecular complexity index is 767. The zero-order chi connectivity index (χ0) is 17.8. The maximum Gasteiger partial charge on any atom is 0.337 e. The van der Waals surface area contributed by atoms with Crippen LogP contribution in [0.2, 0.25) is 0 Å². The summed E-state index contributed by atoms with van der Waals surface area (Å²) in [5.74, 6) is -0.0509. The molecule has 0 aromatic heterocycles. The molecule has 2 aromatic carbocycles. The van der Waals surface area contributed by atoms with Gasteiger partial charge >= 0.3 is 5.97 Å².